The first-order valence-corrected chi connectivity index (χ1v) is 14.1. The zero-order valence-electron chi connectivity index (χ0n) is 15.8. The third-order valence-corrected chi connectivity index (χ3v) is 15.2. The van der Waals surface area contributed by atoms with E-state index in [0.29, 0.717) is 0 Å². The molecule has 146 valence electrons. The summed E-state index contributed by atoms with van der Waals surface area (Å²) in [5.41, 5.74) is 0.757. The van der Waals surface area contributed by atoms with Gasteiger partial charge in [-0.2, -0.15) is 0 Å². The number of hydrogen-bond acceptors (Lipinski definition) is 1. The van der Waals surface area contributed by atoms with E-state index >= 15 is 0 Å². The van der Waals surface area contributed by atoms with Gasteiger partial charge >= 0.3 is 187 Å². The normalized spacial score (nSPS) is 12.8. The molecular formula is C25H21Cl2PS. The number of rotatable bonds is 6. The Morgan fingerprint density at radius 3 is 1.31 bits per heavy atom. The van der Waals surface area contributed by atoms with Crippen LogP contribution in [0.5, 0.6) is 0 Å². The number of benzene rings is 4. The zero-order chi connectivity index (χ0) is 20.2. The number of thioether (sulfide) groups is 1. The van der Waals surface area contributed by atoms with Gasteiger partial charge in [-0.25, -0.2) is 0 Å². The van der Waals surface area contributed by atoms with Crippen molar-refractivity contribution in [2.45, 2.75) is 4.90 Å². The van der Waals surface area contributed by atoms with E-state index in [-0.39, 0.29) is 0 Å². The van der Waals surface area contributed by atoms with Crippen molar-refractivity contribution >= 4 is 56.5 Å². The van der Waals surface area contributed by atoms with Gasteiger partial charge < -0.3 is 0 Å². The summed E-state index contributed by atoms with van der Waals surface area (Å²) in [5, 5.41) is 4.28. The van der Waals surface area contributed by atoms with Crippen LogP contribution in [0.2, 0.25) is 5.02 Å². The third-order valence-electron chi connectivity index (χ3n) is 5.17. The molecule has 0 aliphatic rings. The molecule has 0 amide bonds. The van der Waals surface area contributed by atoms with Crippen LogP contribution < -0.4 is 15.9 Å². The molecule has 0 aromatic heterocycles. The second kappa shape index (κ2) is 8.54. The van der Waals surface area contributed by atoms with Gasteiger partial charge in [-0.05, 0) is 0 Å². The molecule has 0 fully saturated rings. The molecule has 0 bridgehead atoms. The van der Waals surface area contributed by atoms with Crippen LogP contribution in [0.4, 0.5) is 0 Å². The van der Waals surface area contributed by atoms with E-state index in [2.05, 4.69) is 84.9 Å². The Labute approximate surface area is 186 Å². The first-order valence-electron chi connectivity index (χ1n) is 9.39. The average molecular weight is 455 g/mol. The Bertz CT molecular complexity index is 969. The van der Waals surface area contributed by atoms with Crippen LogP contribution in [0.25, 0.3) is 0 Å². The first kappa shape index (κ1) is 20.5. The Hall–Kier alpha value is -1.76. The Morgan fingerprint density at radius 1 is 0.552 bits per heavy atom. The molecule has 0 N–H and O–H groups in total. The van der Waals surface area contributed by atoms with Crippen molar-refractivity contribution in [2.24, 2.45) is 0 Å². The fraction of sp³-hybridized carbons (Fsp3) is 0.0400. The molecule has 0 radical (unpaired) electrons. The SMILES string of the molecule is Clc1ccc(SCP(Cl)(c2ccccc2)(c2ccccc2)c2ccccc2)cc1. The Balaban J connectivity index is 1.95. The fourth-order valence-electron chi connectivity index (χ4n) is 3.61. The molecule has 0 saturated heterocycles. The van der Waals surface area contributed by atoms with Gasteiger partial charge in [0.25, 0.3) is 0 Å². The molecule has 0 saturated carbocycles. The van der Waals surface area contributed by atoms with Crippen molar-refractivity contribution in [3.63, 3.8) is 0 Å². The summed E-state index contributed by atoms with van der Waals surface area (Å²) >= 11 is 15.9. The van der Waals surface area contributed by atoms with Crippen LogP contribution in [-0.4, -0.2) is 5.49 Å². The van der Waals surface area contributed by atoms with E-state index in [1.165, 1.54) is 15.9 Å². The summed E-state index contributed by atoms with van der Waals surface area (Å²) in [4.78, 5) is 1.16. The summed E-state index contributed by atoms with van der Waals surface area (Å²) in [7, 11) is 0. The standard InChI is InChI=1S/C25H21Cl2PS/c26-21-16-18-25(19-17-21)29-20-28(27,22-10-4-1-5-11-22,23-12-6-2-7-13-23)24-14-8-3-9-15-24/h1-19H,20H2. The zero-order valence-corrected chi connectivity index (χ0v) is 19.0. The Morgan fingerprint density at radius 2 is 0.931 bits per heavy atom. The van der Waals surface area contributed by atoms with Gasteiger partial charge in [0, 0.05) is 0 Å². The predicted octanol–water partition coefficient (Wildman–Crippen LogP) is 7.07. The first-order chi connectivity index (χ1) is 14.1. The van der Waals surface area contributed by atoms with Crippen molar-refractivity contribution in [1.82, 2.24) is 0 Å². The molecule has 0 aliphatic carbocycles. The summed E-state index contributed by atoms with van der Waals surface area (Å²) in [6.45, 7) is 0. The summed E-state index contributed by atoms with van der Waals surface area (Å²) in [6.07, 6.45) is 0. The minimum absolute atomic E-state index is 0.742. The van der Waals surface area contributed by atoms with E-state index < -0.39 is 5.96 Å². The van der Waals surface area contributed by atoms with Gasteiger partial charge in [-0.15, -0.1) is 0 Å². The van der Waals surface area contributed by atoms with Crippen molar-refractivity contribution in [2.75, 3.05) is 5.49 Å². The molecule has 4 rings (SSSR count). The van der Waals surface area contributed by atoms with Gasteiger partial charge in [0.05, 0.1) is 0 Å². The van der Waals surface area contributed by atoms with Crippen LogP contribution >= 0.6 is 40.6 Å². The van der Waals surface area contributed by atoms with Crippen LogP contribution in [0.3, 0.4) is 0 Å². The van der Waals surface area contributed by atoms with Crippen molar-refractivity contribution in [1.29, 1.82) is 0 Å². The van der Waals surface area contributed by atoms with Crippen LogP contribution in [-0.2, 0) is 0 Å². The van der Waals surface area contributed by atoms with Gasteiger partial charge in [-0.3, -0.25) is 0 Å². The second-order valence-electron chi connectivity index (χ2n) is 6.92. The molecule has 0 heterocycles. The molecule has 0 atom stereocenters. The Kier molecular flexibility index (Phi) is 6.04. The number of halogens is 2. The summed E-state index contributed by atoms with van der Waals surface area (Å²) in [6, 6.07) is 39.7. The molecule has 4 aromatic rings. The topological polar surface area (TPSA) is 0 Å². The van der Waals surface area contributed by atoms with E-state index in [1.54, 1.807) is 11.8 Å². The van der Waals surface area contributed by atoms with Gasteiger partial charge in [0.2, 0.25) is 0 Å². The predicted molar refractivity (Wildman–Crippen MR) is 133 cm³/mol. The van der Waals surface area contributed by atoms with Crippen molar-refractivity contribution < 1.29 is 0 Å². The van der Waals surface area contributed by atoms with Gasteiger partial charge in [-0.1, -0.05) is 0 Å². The average Bonchev–Trinajstić information content (AvgIpc) is 2.80. The van der Waals surface area contributed by atoms with Crippen molar-refractivity contribution in [3.05, 3.63) is 120 Å². The molecule has 29 heavy (non-hydrogen) atoms. The third kappa shape index (κ3) is 3.86. The van der Waals surface area contributed by atoms with Crippen molar-refractivity contribution in [3.8, 4) is 0 Å². The molecule has 0 aliphatic heterocycles. The molecular weight excluding hydrogens is 434 g/mol. The molecule has 0 nitrogen and oxygen atoms in total. The van der Waals surface area contributed by atoms with Gasteiger partial charge in [0.15, 0.2) is 0 Å². The molecule has 4 heteroatoms. The summed E-state index contributed by atoms with van der Waals surface area (Å²) < 4.78 is 0. The second-order valence-corrected chi connectivity index (χ2v) is 15.3. The minimum atomic E-state index is -3.23. The van der Waals surface area contributed by atoms with E-state index in [1.807, 2.05) is 30.3 Å². The van der Waals surface area contributed by atoms with E-state index in [4.69, 9.17) is 22.8 Å². The monoisotopic (exact) mass is 454 g/mol. The molecule has 0 unspecified atom stereocenters. The van der Waals surface area contributed by atoms with Crippen LogP contribution in [0, 0.1) is 0 Å². The van der Waals surface area contributed by atoms with Crippen LogP contribution in [0.1, 0.15) is 0 Å². The fourth-order valence-corrected chi connectivity index (χ4v) is 12.2. The van der Waals surface area contributed by atoms with E-state index in [0.717, 1.165) is 15.4 Å². The summed E-state index contributed by atoms with van der Waals surface area (Å²) in [5.74, 6) is -3.23. The van der Waals surface area contributed by atoms with Crippen LogP contribution in [0.15, 0.2) is 120 Å². The molecule has 0 spiro atoms. The number of hydrogen-bond donors (Lipinski definition) is 0. The maximum absolute atomic E-state index is 8.04. The van der Waals surface area contributed by atoms with E-state index in [9.17, 15) is 0 Å². The quantitative estimate of drug-likeness (QED) is 0.221. The van der Waals surface area contributed by atoms with Gasteiger partial charge in [0.1, 0.15) is 0 Å². The maximum atomic E-state index is 8.04. The molecule has 4 aromatic carbocycles.